The van der Waals surface area contributed by atoms with Crippen molar-refractivity contribution < 1.29 is 13.2 Å². The van der Waals surface area contributed by atoms with Crippen molar-refractivity contribution in [3.63, 3.8) is 0 Å². The second-order valence-corrected chi connectivity index (χ2v) is 10.7. The molecule has 7 nitrogen and oxygen atoms in total. The van der Waals surface area contributed by atoms with Gasteiger partial charge in [0, 0.05) is 53.8 Å². The molecule has 0 radical (unpaired) electrons. The number of pyridine rings is 2. The number of aryl methyl sites for hydroxylation is 1. The Bertz CT molecular complexity index is 1680. The third-order valence-corrected chi connectivity index (χ3v) is 7.07. The fourth-order valence-electron chi connectivity index (χ4n) is 4.08. The summed E-state index contributed by atoms with van der Waals surface area (Å²) in [4.78, 5) is 22.4. The first-order chi connectivity index (χ1) is 17.3. The minimum absolute atomic E-state index is 0.164. The van der Waals surface area contributed by atoms with Crippen molar-refractivity contribution in [1.29, 1.82) is 0 Å². The molecule has 0 saturated carbocycles. The first-order valence-corrected chi connectivity index (χ1v) is 13.3. The smallest absolute Gasteiger partial charge is 0.255 e. The van der Waals surface area contributed by atoms with Crippen molar-refractivity contribution in [2.75, 3.05) is 11.6 Å². The van der Waals surface area contributed by atoms with E-state index in [2.05, 4.69) is 10.3 Å². The lowest BCUT2D eigenvalue weighted by molar-refractivity contribution is 0.102. The molecule has 0 aliphatic rings. The van der Waals surface area contributed by atoms with Crippen LogP contribution >= 0.6 is 0 Å². The van der Waals surface area contributed by atoms with Crippen LogP contribution in [0.2, 0.25) is 0 Å². The zero-order chi connectivity index (χ0) is 25.3. The molecule has 0 saturated heterocycles. The van der Waals surface area contributed by atoms with Gasteiger partial charge in [0.2, 0.25) is 0 Å². The molecule has 2 aromatic carbocycles. The zero-order valence-electron chi connectivity index (χ0n) is 19.8. The van der Waals surface area contributed by atoms with Gasteiger partial charge in [-0.05, 0) is 66.6 Å². The Morgan fingerprint density at radius 2 is 1.81 bits per heavy atom. The van der Waals surface area contributed by atoms with Gasteiger partial charge in [0.05, 0.1) is 10.6 Å². The molecule has 0 fully saturated rings. The van der Waals surface area contributed by atoms with Gasteiger partial charge >= 0.3 is 0 Å². The molecule has 3 aromatic heterocycles. The Kier molecular flexibility index (Phi) is 6.12. The topological polar surface area (TPSA) is 93.4 Å². The molecule has 0 atom stereocenters. The minimum atomic E-state index is -3.42. The van der Waals surface area contributed by atoms with E-state index in [0.717, 1.165) is 34.4 Å². The molecule has 1 amide bonds. The van der Waals surface area contributed by atoms with Crippen LogP contribution in [0.5, 0.6) is 0 Å². The van der Waals surface area contributed by atoms with Gasteiger partial charge in [-0.25, -0.2) is 13.4 Å². The second-order valence-electron chi connectivity index (χ2n) is 8.67. The Morgan fingerprint density at radius 3 is 2.50 bits per heavy atom. The van der Waals surface area contributed by atoms with E-state index in [9.17, 15) is 13.2 Å². The van der Waals surface area contributed by atoms with Crippen LogP contribution in [0.3, 0.4) is 0 Å². The number of nitrogens with zero attached hydrogens (tertiary/aromatic N) is 3. The molecule has 180 valence electrons. The zero-order valence-corrected chi connectivity index (χ0v) is 20.7. The molecule has 0 spiro atoms. The van der Waals surface area contributed by atoms with Crippen molar-refractivity contribution in [3.05, 3.63) is 114 Å². The number of rotatable bonds is 6. The maximum Gasteiger partial charge on any atom is 0.255 e. The number of carbonyl (C=O) groups excluding carboxylic acids is 1. The summed E-state index contributed by atoms with van der Waals surface area (Å²) in [7, 11) is -3.42. The first-order valence-electron chi connectivity index (χ1n) is 11.4. The van der Waals surface area contributed by atoms with Gasteiger partial charge in [0.15, 0.2) is 9.84 Å². The summed E-state index contributed by atoms with van der Waals surface area (Å²) < 4.78 is 26.2. The maximum absolute atomic E-state index is 13.2. The van der Waals surface area contributed by atoms with Gasteiger partial charge in [0.1, 0.15) is 5.65 Å². The van der Waals surface area contributed by atoms with Gasteiger partial charge < -0.3 is 9.72 Å². The predicted octanol–water partition coefficient (Wildman–Crippen LogP) is 4.95. The fourth-order valence-corrected chi connectivity index (χ4v) is 4.75. The SMILES string of the molecule is Cc1cccn2cc(-c3ccc(NC(=O)c4ccc(S(C)(=O)=O)cc4Cc4ccccn4)cc3)nc12. The minimum Gasteiger partial charge on any atom is -0.322 e. The highest BCUT2D eigenvalue weighted by Gasteiger charge is 2.17. The molecule has 8 heteroatoms. The molecular weight excluding hydrogens is 472 g/mol. The lowest BCUT2D eigenvalue weighted by atomic mass is 10.0. The van der Waals surface area contributed by atoms with E-state index < -0.39 is 9.84 Å². The summed E-state index contributed by atoms with van der Waals surface area (Å²) in [6, 6.07) is 21.5. The Morgan fingerprint density at radius 1 is 1.00 bits per heavy atom. The van der Waals surface area contributed by atoms with E-state index in [1.165, 1.54) is 6.07 Å². The molecule has 5 rings (SSSR count). The summed E-state index contributed by atoms with van der Waals surface area (Å²) in [5.74, 6) is -0.322. The molecule has 5 aromatic rings. The molecular formula is C28H24N4O3S. The van der Waals surface area contributed by atoms with Gasteiger partial charge in [0.25, 0.3) is 5.91 Å². The van der Waals surface area contributed by atoms with Crippen LogP contribution in [0.15, 0.2) is 96.3 Å². The second kappa shape index (κ2) is 9.39. The number of imidazole rings is 1. The van der Waals surface area contributed by atoms with E-state index >= 15 is 0 Å². The van der Waals surface area contributed by atoms with Crippen LogP contribution < -0.4 is 5.32 Å². The van der Waals surface area contributed by atoms with Crippen molar-refractivity contribution in [1.82, 2.24) is 14.4 Å². The largest absolute Gasteiger partial charge is 0.322 e. The summed E-state index contributed by atoms with van der Waals surface area (Å²) >= 11 is 0. The van der Waals surface area contributed by atoms with Gasteiger partial charge in [-0.2, -0.15) is 0 Å². The van der Waals surface area contributed by atoms with E-state index in [1.807, 2.05) is 72.2 Å². The van der Waals surface area contributed by atoms with Gasteiger partial charge in [-0.3, -0.25) is 9.78 Å². The molecule has 0 unspecified atom stereocenters. The van der Waals surface area contributed by atoms with Crippen LogP contribution in [-0.4, -0.2) is 34.9 Å². The Labute approximate surface area is 209 Å². The summed E-state index contributed by atoms with van der Waals surface area (Å²) in [6.07, 6.45) is 7.09. The Balaban J connectivity index is 1.41. The average molecular weight is 497 g/mol. The summed E-state index contributed by atoms with van der Waals surface area (Å²) in [6.45, 7) is 2.02. The van der Waals surface area contributed by atoms with Crippen molar-refractivity contribution in [2.45, 2.75) is 18.2 Å². The van der Waals surface area contributed by atoms with Crippen molar-refractivity contribution in [2.24, 2.45) is 0 Å². The van der Waals surface area contributed by atoms with Crippen molar-refractivity contribution >= 4 is 27.1 Å². The number of sulfone groups is 1. The third-order valence-electron chi connectivity index (χ3n) is 5.96. The Hall–Kier alpha value is -4.30. The average Bonchev–Trinajstić information content (AvgIpc) is 3.30. The number of hydrogen-bond acceptors (Lipinski definition) is 5. The maximum atomic E-state index is 13.2. The number of fused-ring (bicyclic) bond motifs is 1. The molecule has 3 heterocycles. The summed E-state index contributed by atoms with van der Waals surface area (Å²) in [5, 5.41) is 2.92. The van der Waals surface area contributed by atoms with Gasteiger partial charge in [-0.15, -0.1) is 0 Å². The van der Waals surface area contributed by atoms with Crippen LogP contribution in [0.4, 0.5) is 5.69 Å². The van der Waals surface area contributed by atoms with E-state index in [0.29, 0.717) is 23.2 Å². The van der Waals surface area contributed by atoms with Crippen LogP contribution in [-0.2, 0) is 16.3 Å². The number of benzene rings is 2. The van der Waals surface area contributed by atoms with Crippen LogP contribution in [0.1, 0.15) is 27.2 Å². The number of anilines is 1. The molecule has 0 bridgehead atoms. The van der Waals surface area contributed by atoms with Crippen molar-refractivity contribution in [3.8, 4) is 11.3 Å². The van der Waals surface area contributed by atoms with Crippen LogP contribution in [0.25, 0.3) is 16.9 Å². The number of hydrogen-bond donors (Lipinski definition) is 1. The van der Waals surface area contributed by atoms with Crippen LogP contribution in [0, 0.1) is 6.92 Å². The number of carbonyl (C=O) groups is 1. The highest BCUT2D eigenvalue weighted by Crippen LogP contribution is 2.24. The highest BCUT2D eigenvalue weighted by molar-refractivity contribution is 7.90. The summed E-state index contributed by atoms with van der Waals surface area (Å²) in [5.41, 5.74) is 6.13. The number of nitrogens with one attached hydrogen (secondary N) is 1. The monoisotopic (exact) mass is 496 g/mol. The molecule has 0 aliphatic heterocycles. The van der Waals surface area contributed by atoms with Gasteiger partial charge in [-0.1, -0.05) is 24.3 Å². The van der Waals surface area contributed by atoms with E-state index in [4.69, 9.17) is 4.98 Å². The third kappa shape index (κ3) is 4.89. The molecule has 0 aliphatic carbocycles. The first kappa shape index (κ1) is 23.4. The lowest BCUT2D eigenvalue weighted by Gasteiger charge is -2.12. The predicted molar refractivity (Wildman–Crippen MR) is 140 cm³/mol. The van der Waals surface area contributed by atoms with E-state index in [1.54, 1.807) is 24.4 Å². The fraction of sp³-hybridized carbons (Fsp3) is 0.107. The molecule has 1 N–H and O–H groups in total. The number of amides is 1. The normalized spacial score (nSPS) is 11.5. The molecule has 36 heavy (non-hydrogen) atoms. The standard InChI is InChI=1S/C28H24N4O3S/c1-19-6-5-15-32-18-26(31-27(19)32)20-8-10-22(11-9-20)30-28(33)25-13-12-24(36(2,34)35)17-21(25)16-23-7-3-4-14-29-23/h3-15,17-18H,16H2,1-2H3,(H,30,33). The lowest BCUT2D eigenvalue weighted by Crippen LogP contribution is -2.15. The highest BCUT2D eigenvalue weighted by atomic mass is 32.2. The van der Waals surface area contributed by atoms with E-state index in [-0.39, 0.29) is 10.8 Å². The quantitative estimate of drug-likeness (QED) is 0.359. The number of aromatic nitrogens is 3.